The van der Waals surface area contributed by atoms with Crippen molar-refractivity contribution in [2.24, 2.45) is 5.73 Å². The van der Waals surface area contributed by atoms with Gasteiger partial charge in [-0.15, -0.1) is 0 Å². The van der Waals surface area contributed by atoms with E-state index in [2.05, 4.69) is 0 Å². The van der Waals surface area contributed by atoms with E-state index in [0.717, 1.165) is 25.9 Å². The first kappa shape index (κ1) is 15.3. The van der Waals surface area contributed by atoms with Crippen LogP contribution in [-0.4, -0.2) is 52.7 Å². The third kappa shape index (κ3) is 3.30. The van der Waals surface area contributed by atoms with Crippen molar-refractivity contribution in [3.8, 4) is 0 Å². The van der Waals surface area contributed by atoms with Crippen LogP contribution in [0.25, 0.3) is 0 Å². The Labute approximate surface area is 120 Å². The normalized spacial score (nSPS) is 28.8. The van der Waals surface area contributed by atoms with Gasteiger partial charge in [-0.25, -0.2) is 9.80 Å². The predicted octanol–water partition coefficient (Wildman–Crippen LogP) is 0.657. The summed E-state index contributed by atoms with van der Waals surface area (Å²) in [6, 6.07) is -1.04. The quantitative estimate of drug-likeness (QED) is 0.715. The number of nitrogens with zero attached hydrogens (tertiary/aromatic N) is 2. The summed E-state index contributed by atoms with van der Waals surface area (Å²) in [6.45, 7) is 7.08. The minimum Gasteiger partial charge on any atom is -0.458 e. The lowest BCUT2D eigenvalue weighted by molar-refractivity contribution is -0.183. The predicted molar refractivity (Wildman–Crippen MR) is 74.5 cm³/mol. The fourth-order valence-corrected chi connectivity index (χ4v) is 2.78. The van der Waals surface area contributed by atoms with E-state index in [9.17, 15) is 9.59 Å². The zero-order valence-electron chi connectivity index (χ0n) is 12.6. The largest absolute Gasteiger partial charge is 0.458 e. The van der Waals surface area contributed by atoms with Crippen LogP contribution < -0.4 is 5.73 Å². The molecule has 2 N–H and O–H groups in total. The van der Waals surface area contributed by atoms with Crippen molar-refractivity contribution >= 4 is 11.9 Å². The van der Waals surface area contributed by atoms with Gasteiger partial charge in [-0.2, -0.15) is 0 Å². The number of rotatable bonds is 1. The van der Waals surface area contributed by atoms with Gasteiger partial charge < -0.3 is 10.5 Å². The Morgan fingerprint density at radius 3 is 2.45 bits per heavy atom. The minimum atomic E-state index is -0.545. The molecule has 2 fully saturated rings. The maximum atomic E-state index is 12.4. The summed E-state index contributed by atoms with van der Waals surface area (Å²) >= 11 is 0. The number of ether oxygens (including phenoxy) is 1. The lowest BCUT2D eigenvalue weighted by atomic mass is 10.1. The van der Waals surface area contributed by atoms with E-state index in [1.165, 1.54) is 0 Å². The molecular formula is C14H25N3O3. The molecule has 6 nitrogen and oxygen atoms in total. The molecule has 114 valence electrons. The molecule has 0 aromatic heterocycles. The second-order valence-corrected chi connectivity index (χ2v) is 6.58. The molecule has 2 atom stereocenters. The Morgan fingerprint density at radius 1 is 1.25 bits per heavy atom. The van der Waals surface area contributed by atoms with Gasteiger partial charge in [0.05, 0.1) is 6.04 Å². The Kier molecular flexibility index (Phi) is 4.34. The third-order valence-corrected chi connectivity index (χ3v) is 3.65. The summed E-state index contributed by atoms with van der Waals surface area (Å²) < 4.78 is 5.45. The van der Waals surface area contributed by atoms with Crippen LogP contribution in [0.15, 0.2) is 0 Å². The Hall–Kier alpha value is -1.14. The molecule has 0 radical (unpaired) electrons. The van der Waals surface area contributed by atoms with Crippen LogP contribution >= 0.6 is 0 Å². The van der Waals surface area contributed by atoms with Crippen LogP contribution in [-0.2, 0) is 14.3 Å². The molecule has 2 aliphatic heterocycles. The lowest BCUT2D eigenvalue weighted by Gasteiger charge is -2.43. The van der Waals surface area contributed by atoms with Crippen LogP contribution in [0.1, 0.15) is 46.5 Å². The summed E-state index contributed by atoms with van der Waals surface area (Å²) in [6.07, 6.45) is 3.09. The summed E-state index contributed by atoms with van der Waals surface area (Å²) in [5.74, 6) is -0.484. The van der Waals surface area contributed by atoms with Crippen molar-refractivity contribution in [1.29, 1.82) is 0 Å². The number of carbonyl (C=O) groups excluding carboxylic acids is 2. The highest BCUT2D eigenvalue weighted by molar-refractivity contribution is 5.87. The highest BCUT2D eigenvalue weighted by Crippen LogP contribution is 2.25. The number of nitrogens with two attached hydrogens (primary N) is 1. The van der Waals surface area contributed by atoms with E-state index in [1.54, 1.807) is 5.01 Å². The maximum absolute atomic E-state index is 12.4. The van der Waals surface area contributed by atoms with Gasteiger partial charge in [-0.05, 0) is 46.5 Å². The van der Waals surface area contributed by atoms with E-state index in [0.29, 0.717) is 12.8 Å². The monoisotopic (exact) mass is 283 g/mol. The first-order valence-corrected chi connectivity index (χ1v) is 7.36. The molecule has 0 aromatic carbocycles. The number of carbonyl (C=O) groups is 2. The van der Waals surface area contributed by atoms with Crippen LogP contribution in [0.3, 0.4) is 0 Å². The van der Waals surface area contributed by atoms with Crippen LogP contribution in [0.5, 0.6) is 0 Å². The standard InChI is InChI=1S/C14H25N3O3/c1-14(2,3)20-13(19)11-7-5-9-16-8-4-6-10(15)12(18)17(11)16/h10-11H,4-9,15H2,1-3H3/t10?,11-/m0/s1. The number of fused-ring (bicyclic) bond motifs is 1. The van der Waals surface area contributed by atoms with Crippen molar-refractivity contribution in [3.63, 3.8) is 0 Å². The van der Waals surface area contributed by atoms with Crippen molar-refractivity contribution < 1.29 is 14.3 Å². The molecular weight excluding hydrogens is 258 g/mol. The van der Waals surface area contributed by atoms with E-state index in [1.807, 2.05) is 25.8 Å². The minimum absolute atomic E-state index is 0.155. The molecule has 1 unspecified atom stereocenters. The van der Waals surface area contributed by atoms with E-state index in [4.69, 9.17) is 10.5 Å². The van der Waals surface area contributed by atoms with Crippen LogP contribution in [0.2, 0.25) is 0 Å². The summed E-state index contributed by atoms with van der Waals surface area (Å²) in [5.41, 5.74) is 5.36. The smallest absolute Gasteiger partial charge is 0.331 e. The fraction of sp³-hybridized carbons (Fsp3) is 0.857. The van der Waals surface area contributed by atoms with Crippen LogP contribution in [0, 0.1) is 0 Å². The molecule has 0 spiro atoms. The molecule has 2 aliphatic rings. The second kappa shape index (κ2) is 5.69. The Bertz CT molecular complexity index is 392. The van der Waals surface area contributed by atoms with Gasteiger partial charge >= 0.3 is 5.97 Å². The summed E-state index contributed by atoms with van der Waals surface area (Å²) in [4.78, 5) is 24.8. The van der Waals surface area contributed by atoms with Gasteiger partial charge in [0.1, 0.15) is 11.6 Å². The first-order valence-electron chi connectivity index (χ1n) is 7.36. The molecule has 2 rings (SSSR count). The van der Waals surface area contributed by atoms with Crippen LogP contribution in [0.4, 0.5) is 0 Å². The van der Waals surface area contributed by atoms with E-state index >= 15 is 0 Å². The molecule has 6 heteroatoms. The highest BCUT2D eigenvalue weighted by Gasteiger charge is 2.42. The number of amides is 1. The van der Waals surface area contributed by atoms with Crippen molar-refractivity contribution in [1.82, 2.24) is 10.0 Å². The Balaban J connectivity index is 2.18. The van der Waals surface area contributed by atoms with Gasteiger partial charge in [0.2, 0.25) is 0 Å². The van der Waals surface area contributed by atoms with Crippen molar-refractivity contribution in [2.45, 2.75) is 64.1 Å². The SMILES string of the molecule is CC(C)(C)OC(=O)[C@@H]1CCCN2CCCC(N)C(=O)N12. The molecule has 0 saturated carbocycles. The zero-order valence-corrected chi connectivity index (χ0v) is 12.6. The lowest BCUT2D eigenvalue weighted by Crippen LogP contribution is -2.61. The van der Waals surface area contributed by atoms with E-state index < -0.39 is 17.7 Å². The average Bonchev–Trinajstić information content (AvgIpc) is 2.48. The number of hydrogen-bond donors (Lipinski definition) is 1. The average molecular weight is 283 g/mol. The number of hydrogen-bond acceptors (Lipinski definition) is 5. The molecule has 0 aromatic rings. The molecule has 2 heterocycles. The Morgan fingerprint density at radius 2 is 1.85 bits per heavy atom. The zero-order chi connectivity index (χ0) is 14.9. The van der Waals surface area contributed by atoms with Gasteiger partial charge in [0.15, 0.2) is 0 Å². The maximum Gasteiger partial charge on any atom is 0.331 e. The van der Waals surface area contributed by atoms with E-state index in [-0.39, 0.29) is 11.9 Å². The van der Waals surface area contributed by atoms with Gasteiger partial charge in [0.25, 0.3) is 5.91 Å². The van der Waals surface area contributed by atoms with Crippen molar-refractivity contribution in [2.75, 3.05) is 13.1 Å². The second-order valence-electron chi connectivity index (χ2n) is 6.58. The van der Waals surface area contributed by atoms with Gasteiger partial charge in [0, 0.05) is 13.1 Å². The fourth-order valence-electron chi connectivity index (χ4n) is 2.78. The molecule has 1 amide bonds. The topological polar surface area (TPSA) is 75.9 Å². The first-order chi connectivity index (χ1) is 9.29. The molecule has 0 aliphatic carbocycles. The molecule has 2 saturated heterocycles. The summed E-state index contributed by atoms with van der Waals surface area (Å²) in [5, 5.41) is 3.53. The highest BCUT2D eigenvalue weighted by atomic mass is 16.6. The number of hydrazine groups is 1. The molecule has 0 bridgehead atoms. The van der Waals surface area contributed by atoms with Gasteiger partial charge in [-0.3, -0.25) is 9.80 Å². The molecule has 20 heavy (non-hydrogen) atoms. The summed E-state index contributed by atoms with van der Waals surface area (Å²) in [7, 11) is 0. The number of esters is 1. The van der Waals surface area contributed by atoms with Crippen molar-refractivity contribution in [3.05, 3.63) is 0 Å². The third-order valence-electron chi connectivity index (χ3n) is 3.65. The van der Waals surface area contributed by atoms with Gasteiger partial charge in [-0.1, -0.05) is 0 Å².